The van der Waals surface area contributed by atoms with E-state index in [0.29, 0.717) is 12.3 Å². The van der Waals surface area contributed by atoms with Crippen molar-refractivity contribution in [3.63, 3.8) is 0 Å². The van der Waals surface area contributed by atoms with Crippen LogP contribution in [0.4, 0.5) is 5.69 Å². The van der Waals surface area contributed by atoms with Gasteiger partial charge in [0.05, 0.1) is 13.2 Å². The van der Waals surface area contributed by atoms with Gasteiger partial charge >= 0.3 is 0 Å². The molecule has 0 aromatic heterocycles. The molecular weight excluding hydrogens is 304 g/mol. The Morgan fingerprint density at radius 2 is 1.92 bits per heavy atom. The Morgan fingerprint density at radius 3 is 2.54 bits per heavy atom. The predicted octanol–water partition coefficient (Wildman–Crippen LogP) is 2.79. The first-order chi connectivity index (χ1) is 11.5. The first-order valence-electron chi connectivity index (χ1n) is 8.01. The minimum absolute atomic E-state index is 0.415. The van der Waals surface area contributed by atoms with E-state index in [9.17, 15) is 4.79 Å². The molecule has 0 aliphatic heterocycles. The first-order valence-corrected chi connectivity index (χ1v) is 8.01. The number of carbonyl (C=O) groups excluding carboxylic acids is 1. The smallest absolute Gasteiger partial charge is 0.246 e. The molecule has 1 amide bonds. The molecule has 5 nitrogen and oxygen atoms in total. The number of carbonyl (C=O) groups is 1. The van der Waals surface area contributed by atoms with Gasteiger partial charge in [-0.1, -0.05) is 31.2 Å². The fourth-order valence-electron chi connectivity index (χ4n) is 2.08. The minimum atomic E-state index is -1.30. The molecule has 0 radical (unpaired) electrons. The van der Waals surface area contributed by atoms with Crippen LogP contribution in [0.5, 0.6) is 5.75 Å². The summed E-state index contributed by atoms with van der Waals surface area (Å²) in [7, 11) is 0. The maximum absolute atomic E-state index is 12.0. The van der Waals surface area contributed by atoms with E-state index < -0.39 is 18.1 Å². The lowest BCUT2D eigenvalue weighted by molar-refractivity contribution is -0.121. The molecule has 4 N–H and O–H groups in total. The highest BCUT2D eigenvalue weighted by molar-refractivity contribution is 5.97. The highest BCUT2D eigenvalue weighted by Crippen LogP contribution is 2.25. The number of nitrogens with one attached hydrogen (secondary N) is 1. The van der Waals surface area contributed by atoms with Crippen LogP contribution >= 0.6 is 0 Å². The number of aliphatic hydroxyl groups excluding tert-OH is 1. The molecule has 24 heavy (non-hydrogen) atoms. The summed E-state index contributed by atoms with van der Waals surface area (Å²) in [5, 5.41) is 11.8. The molecule has 0 heterocycles. The van der Waals surface area contributed by atoms with Crippen molar-refractivity contribution in [3.05, 3.63) is 48.5 Å². The molecule has 0 saturated carbocycles. The van der Waals surface area contributed by atoms with Gasteiger partial charge < -0.3 is 20.9 Å². The van der Waals surface area contributed by atoms with Crippen LogP contribution in [0.3, 0.4) is 0 Å². The van der Waals surface area contributed by atoms with E-state index in [2.05, 4.69) is 12.2 Å². The Hall–Kier alpha value is -2.37. The average molecular weight is 328 g/mol. The van der Waals surface area contributed by atoms with Crippen LogP contribution in [0, 0.1) is 0 Å². The van der Waals surface area contributed by atoms with Crippen LogP contribution in [-0.4, -0.2) is 29.8 Å². The van der Waals surface area contributed by atoms with Crippen molar-refractivity contribution in [3.8, 4) is 16.9 Å². The fourth-order valence-corrected chi connectivity index (χ4v) is 2.08. The molecule has 0 aliphatic carbocycles. The molecule has 0 fully saturated rings. The summed E-state index contributed by atoms with van der Waals surface area (Å²) >= 11 is 0. The van der Waals surface area contributed by atoms with Crippen LogP contribution in [0.25, 0.3) is 11.1 Å². The lowest BCUT2D eigenvalue weighted by Gasteiger charge is -2.20. The minimum Gasteiger partial charge on any atom is -0.494 e. The number of anilines is 1. The topological polar surface area (TPSA) is 84.6 Å². The van der Waals surface area contributed by atoms with Gasteiger partial charge in [0.1, 0.15) is 11.3 Å². The van der Waals surface area contributed by atoms with Crippen molar-refractivity contribution < 1.29 is 14.6 Å². The van der Waals surface area contributed by atoms with Crippen LogP contribution in [0.15, 0.2) is 48.5 Å². The monoisotopic (exact) mass is 328 g/mol. The Balaban J connectivity index is 2.11. The van der Waals surface area contributed by atoms with Crippen LogP contribution in [-0.2, 0) is 4.79 Å². The average Bonchev–Trinajstić information content (AvgIpc) is 2.60. The number of benzene rings is 2. The molecule has 1 atom stereocenters. The quantitative estimate of drug-likeness (QED) is 0.729. The molecule has 0 aliphatic rings. The van der Waals surface area contributed by atoms with E-state index in [4.69, 9.17) is 15.6 Å². The summed E-state index contributed by atoms with van der Waals surface area (Å²) in [5.41, 5.74) is 7.10. The standard InChI is InChI=1S/C19H24N2O3/c1-3-11-24-17-6-4-5-15(12-17)14-7-9-16(10-8-14)21-18(23)19(2,20)13-22/h4-10,12,22H,3,11,13,20H2,1-2H3,(H,21,23). The molecule has 0 spiro atoms. The highest BCUT2D eigenvalue weighted by atomic mass is 16.5. The second kappa shape index (κ2) is 7.95. The van der Waals surface area contributed by atoms with Gasteiger partial charge in [-0.05, 0) is 48.7 Å². The second-order valence-electron chi connectivity index (χ2n) is 5.98. The Morgan fingerprint density at radius 1 is 1.21 bits per heavy atom. The number of ether oxygens (including phenoxy) is 1. The third-order valence-corrected chi connectivity index (χ3v) is 3.63. The first kappa shape index (κ1) is 18.0. The van der Waals surface area contributed by atoms with Crippen molar-refractivity contribution in [2.75, 3.05) is 18.5 Å². The summed E-state index contributed by atoms with van der Waals surface area (Å²) in [6.07, 6.45) is 0.965. The van der Waals surface area contributed by atoms with E-state index in [1.807, 2.05) is 36.4 Å². The third-order valence-electron chi connectivity index (χ3n) is 3.63. The Bertz CT molecular complexity index is 681. The lowest BCUT2D eigenvalue weighted by Crippen LogP contribution is -2.51. The van der Waals surface area contributed by atoms with Gasteiger partial charge in [-0.3, -0.25) is 4.79 Å². The van der Waals surface area contributed by atoms with Gasteiger partial charge in [0.15, 0.2) is 0 Å². The molecule has 5 heteroatoms. The normalized spacial score (nSPS) is 13.2. The maximum Gasteiger partial charge on any atom is 0.246 e. The van der Waals surface area contributed by atoms with E-state index in [-0.39, 0.29) is 0 Å². The maximum atomic E-state index is 12.0. The summed E-state index contributed by atoms with van der Waals surface area (Å²) in [6.45, 7) is 3.83. The Kier molecular flexibility index (Phi) is 5.95. The number of hydrogen-bond acceptors (Lipinski definition) is 4. The summed E-state index contributed by atoms with van der Waals surface area (Å²) in [6, 6.07) is 15.3. The van der Waals surface area contributed by atoms with Gasteiger partial charge in [-0.25, -0.2) is 0 Å². The van der Waals surface area contributed by atoms with Crippen LogP contribution < -0.4 is 15.8 Å². The number of rotatable bonds is 7. The molecule has 2 rings (SSSR count). The van der Waals surface area contributed by atoms with E-state index >= 15 is 0 Å². The van der Waals surface area contributed by atoms with Crippen LogP contribution in [0.1, 0.15) is 20.3 Å². The molecule has 0 saturated heterocycles. The van der Waals surface area contributed by atoms with Gasteiger partial charge in [0, 0.05) is 5.69 Å². The molecule has 2 aromatic rings. The number of amides is 1. The van der Waals surface area contributed by atoms with Crippen molar-refractivity contribution in [2.24, 2.45) is 5.73 Å². The molecular formula is C19H24N2O3. The van der Waals surface area contributed by atoms with Gasteiger partial charge in [0.2, 0.25) is 5.91 Å². The zero-order valence-corrected chi connectivity index (χ0v) is 14.1. The van der Waals surface area contributed by atoms with Crippen molar-refractivity contribution in [1.82, 2.24) is 0 Å². The van der Waals surface area contributed by atoms with E-state index in [1.54, 1.807) is 12.1 Å². The highest BCUT2D eigenvalue weighted by Gasteiger charge is 2.27. The lowest BCUT2D eigenvalue weighted by atomic mass is 10.0. The Labute approximate surface area is 142 Å². The van der Waals surface area contributed by atoms with E-state index in [0.717, 1.165) is 23.3 Å². The molecule has 1 unspecified atom stereocenters. The largest absolute Gasteiger partial charge is 0.494 e. The molecule has 2 aromatic carbocycles. The molecule has 0 bridgehead atoms. The zero-order chi connectivity index (χ0) is 17.6. The van der Waals surface area contributed by atoms with Gasteiger partial charge in [-0.15, -0.1) is 0 Å². The van der Waals surface area contributed by atoms with E-state index in [1.165, 1.54) is 6.92 Å². The summed E-state index contributed by atoms with van der Waals surface area (Å²) in [5.74, 6) is 0.418. The van der Waals surface area contributed by atoms with Crippen molar-refractivity contribution >= 4 is 11.6 Å². The van der Waals surface area contributed by atoms with Crippen molar-refractivity contribution in [1.29, 1.82) is 0 Å². The van der Waals surface area contributed by atoms with Gasteiger partial charge in [-0.2, -0.15) is 0 Å². The third kappa shape index (κ3) is 4.57. The summed E-state index contributed by atoms with van der Waals surface area (Å²) < 4.78 is 5.65. The van der Waals surface area contributed by atoms with Crippen molar-refractivity contribution in [2.45, 2.75) is 25.8 Å². The number of nitrogens with two attached hydrogens (primary N) is 1. The second-order valence-corrected chi connectivity index (χ2v) is 5.98. The number of hydrogen-bond donors (Lipinski definition) is 3. The fraction of sp³-hybridized carbons (Fsp3) is 0.316. The summed E-state index contributed by atoms with van der Waals surface area (Å²) in [4.78, 5) is 12.0. The predicted molar refractivity (Wildman–Crippen MR) is 96.0 cm³/mol. The zero-order valence-electron chi connectivity index (χ0n) is 14.1. The SMILES string of the molecule is CCCOc1cccc(-c2ccc(NC(=O)C(C)(N)CO)cc2)c1. The number of aliphatic hydroxyl groups is 1. The van der Waals surface area contributed by atoms with Crippen LogP contribution in [0.2, 0.25) is 0 Å². The molecule has 128 valence electrons. The van der Waals surface area contributed by atoms with Gasteiger partial charge in [0.25, 0.3) is 0 Å².